The quantitative estimate of drug-likeness (QED) is 0.751. The van der Waals surface area contributed by atoms with Gasteiger partial charge < -0.3 is 5.11 Å². The first-order valence-corrected chi connectivity index (χ1v) is 9.96. The van der Waals surface area contributed by atoms with Crippen LogP contribution in [0.2, 0.25) is 5.02 Å². The molecule has 0 bridgehead atoms. The topological polar surface area (TPSA) is 108 Å². The number of nitrogens with one attached hydrogen (secondary N) is 1. The largest absolute Gasteiger partial charge is 0.494 e. The molecule has 3 rings (SSSR count). The zero-order chi connectivity index (χ0) is 21.1. The van der Waals surface area contributed by atoms with Gasteiger partial charge in [-0.05, 0) is 24.1 Å². The van der Waals surface area contributed by atoms with Crippen LogP contribution in [-0.4, -0.2) is 31.3 Å². The first-order valence-electron chi connectivity index (χ1n) is 9.58. The molecule has 1 aromatic carbocycles. The van der Waals surface area contributed by atoms with E-state index in [9.17, 15) is 19.5 Å². The molecule has 1 aliphatic heterocycles. The highest BCUT2D eigenvalue weighted by Gasteiger charge is 2.35. The van der Waals surface area contributed by atoms with E-state index in [1.54, 1.807) is 31.2 Å². The summed E-state index contributed by atoms with van der Waals surface area (Å²) < 4.78 is 1.13. The lowest BCUT2D eigenvalue weighted by Crippen LogP contribution is -2.33. The summed E-state index contributed by atoms with van der Waals surface area (Å²) in [5.41, 5.74) is -0.398. The number of unbranched alkanes of at least 4 members (excludes halogenated alkanes) is 1. The van der Waals surface area contributed by atoms with Crippen LogP contribution >= 0.6 is 11.6 Å². The van der Waals surface area contributed by atoms with Gasteiger partial charge in [0.15, 0.2) is 0 Å². The molecule has 9 heteroatoms. The Morgan fingerprint density at radius 3 is 2.59 bits per heavy atom. The van der Waals surface area contributed by atoms with Gasteiger partial charge in [0, 0.05) is 24.4 Å². The lowest BCUT2D eigenvalue weighted by atomic mass is 9.99. The predicted molar refractivity (Wildman–Crippen MR) is 110 cm³/mol. The Labute approximate surface area is 172 Å². The first-order chi connectivity index (χ1) is 13.9. The molecule has 2 aromatic rings. The molecular weight excluding hydrogens is 396 g/mol. The van der Waals surface area contributed by atoms with Crippen molar-refractivity contribution in [2.24, 2.45) is 5.10 Å². The zero-order valence-electron chi connectivity index (χ0n) is 16.3. The molecule has 0 unspecified atom stereocenters. The summed E-state index contributed by atoms with van der Waals surface area (Å²) in [4.78, 5) is 39.3. The minimum Gasteiger partial charge on any atom is -0.494 e. The van der Waals surface area contributed by atoms with E-state index in [-0.39, 0.29) is 36.6 Å². The monoisotopic (exact) mass is 418 g/mol. The van der Waals surface area contributed by atoms with Gasteiger partial charge in [0.2, 0.25) is 11.8 Å². The second kappa shape index (κ2) is 8.65. The lowest BCUT2D eigenvalue weighted by molar-refractivity contribution is -0.132. The molecule has 0 saturated carbocycles. The molecule has 0 spiro atoms. The van der Waals surface area contributed by atoms with Crippen LogP contribution < -0.4 is 11.2 Å². The van der Waals surface area contributed by atoms with Gasteiger partial charge in [-0.3, -0.25) is 19.1 Å². The SMILES string of the molecule is CCCCn1c(O)c(C2=NN(C(=O)CC)[C@H](c3ccc(Cl)cc3)C2)c(=O)[nH]c1=O. The van der Waals surface area contributed by atoms with Crippen LogP contribution in [0.25, 0.3) is 0 Å². The van der Waals surface area contributed by atoms with E-state index in [2.05, 4.69) is 10.1 Å². The number of nitrogens with zero attached hydrogens (tertiary/aromatic N) is 3. The van der Waals surface area contributed by atoms with Gasteiger partial charge in [-0.15, -0.1) is 0 Å². The average Bonchev–Trinajstić information content (AvgIpc) is 3.12. The minimum atomic E-state index is -0.723. The third-order valence-electron chi connectivity index (χ3n) is 4.92. The fraction of sp³-hybridized carbons (Fsp3) is 0.400. The van der Waals surface area contributed by atoms with Gasteiger partial charge in [-0.25, -0.2) is 9.80 Å². The molecule has 8 nitrogen and oxygen atoms in total. The number of amides is 1. The highest BCUT2D eigenvalue weighted by atomic mass is 35.5. The maximum atomic E-state index is 12.5. The van der Waals surface area contributed by atoms with E-state index in [1.165, 1.54) is 5.01 Å². The fourth-order valence-electron chi connectivity index (χ4n) is 3.34. The van der Waals surface area contributed by atoms with Crippen molar-refractivity contribution in [3.63, 3.8) is 0 Å². The molecule has 0 fully saturated rings. The Balaban J connectivity index is 2.07. The number of benzene rings is 1. The van der Waals surface area contributed by atoms with Crippen molar-refractivity contribution in [2.75, 3.05) is 0 Å². The highest BCUT2D eigenvalue weighted by molar-refractivity contribution is 6.30. The smallest absolute Gasteiger partial charge is 0.331 e. The van der Waals surface area contributed by atoms with Crippen molar-refractivity contribution in [1.82, 2.24) is 14.6 Å². The third-order valence-corrected chi connectivity index (χ3v) is 5.17. The van der Waals surface area contributed by atoms with E-state index < -0.39 is 23.2 Å². The second-order valence-electron chi connectivity index (χ2n) is 6.87. The van der Waals surface area contributed by atoms with Crippen LogP contribution in [0.5, 0.6) is 5.88 Å². The van der Waals surface area contributed by atoms with Gasteiger partial charge in [0.1, 0.15) is 5.56 Å². The molecule has 2 N–H and O–H groups in total. The Morgan fingerprint density at radius 1 is 1.28 bits per heavy atom. The van der Waals surface area contributed by atoms with Crippen molar-refractivity contribution in [3.05, 3.63) is 61.3 Å². The zero-order valence-corrected chi connectivity index (χ0v) is 17.1. The van der Waals surface area contributed by atoms with Crippen LogP contribution in [-0.2, 0) is 11.3 Å². The molecule has 29 heavy (non-hydrogen) atoms. The van der Waals surface area contributed by atoms with Crippen LogP contribution in [0.15, 0.2) is 39.0 Å². The van der Waals surface area contributed by atoms with Crippen molar-refractivity contribution < 1.29 is 9.90 Å². The summed E-state index contributed by atoms with van der Waals surface area (Å²) >= 11 is 5.96. The van der Waals surface area contributed by atoms with Gasteiger partial charge in [0.25, 0.3) is 5.56 Å². The van der Waals surface area contributed by atoms with Gasteiger partial charge in [-0.2, -0.15) is 5.10 Å². The molecule has 1 aliphatic rings. The number of aromatic hydroxyl groups is 1. The lowest BCUT2D eigenvalue weighted by Gasteiger charge is -2.21. The molecule has 0 aliphatic carbocycles. The molecular formula is C20H23ClN4O4. The molecule has 154 valence electrons. The van der Waals surface area contributed by atoms with Crippen molar-refractivity contribution in [1.29, 1.82) is 0 Å². The first kappa shape index (κ1) is 20.9. The van der Waals surface area contributed by atoms with Crippen molar-refractivity contribution >= 4 is 23.2 Å². The van der Waals surface area contributed by atoms with E-state index in [1.807, 2.05) is 6.92 Å². The standard InChI is InChI=1S/C20H23ClN4O4/c1-3-5-10-24-19(28)17(18(27)22-20(24)29)14-11-15(25(23-14)16(26)4-2)12-6-8-13(21)9-7-12/h6-9,15,28H,3-5,10-11H2,1-2H3,(H,22,27,29)/t15-/m0/s1. The maximum absolute atomic E-state index is 12.5. The number of carbonyl (C=O) groups is 1. The van der Waals surface area contributed by atoms with E-state index in [0.29, 0.717) is 11.4 Å². The van der Waals surface area contributed by atoms with Gasteiger partial charge >= 0.3 is 5.69 Å². The number of carbonyl (C=O) groups excluding carboxylic acids is 1. The fourth-order valence-corrected chi connectivity index (χ4v) is 3.47. The average molecular weight is 419 g/mol. The number of aromatic nitrogens is 2. The number of hydrazone groups is 1. The second-order valence-corrected chi connectivity index (χ2v) is 7.31. The normalized spacial score (nSPS) is 16.2. The molecule has 1 atom stereocenters. The predicted octanol–water partition coefficient (Wildman–Crippen LogP) is 2.78. The summed E-state index contributed by atoms with van der Waals surface area (Å²) in [6.45, 7) is 3.96. The molecule has 1 aromatic heterocycles. The number of hydrogen-bond donors (Lipinski definition) is 2. The summed E-state index contributed by atoms with van der Waals surface area (Å²) in [5, 5.41) is 16.9. The van der Waals surface area contributed by atoms with Crippen LogP contribution in [0.3, 0.4) is 0 Å². The summed E-state index contributed by atoms with van der Waals surface area (Å²) in [5.74, 6) is -0.637. The van der Waals surface area contributed by atoms with Crippen LogP contribution in [0.1, 0.15) is 56.7 Å². The van der Waals surface area contributed by atoms with Crippen molar-refractivity contribution in [3.8, 4) is 5.88 Å². The molecule has 1 amide bonds. The van der Waals surface area contributed by atoms with Crippen molar-refractivity contribution in [2.45, 2.75) is 52.1 Å². The number of aromatic amines is 1. The Hall–Kier alpha value is -2.87. The van der Waals surface area contributed by atoms with Crippen LogP contribution in [0, 0.1) is 0 Å². The number of rotatable bonds is 6. The Bertz CT molecular complexity index is 1060. The van der Waals surface area contributed by atoms with Crippen LogP contribution in [0.4, 0.5) is 0 Å². The third kappa shape index (κ3) is 4.12. The Kier molecular flexibility index (Phi) is 6.22. The summed E-state index contributed by atoms with van der Waals surface area (Å²) in [7, 11) is 0. The number of hydrogen-bond acceptors (Lipinski definition) is 5. The van der Waals surface area contributed by atoms with E-state index in [4.69, 9.17) is 11.6 Å². The molecule has 0 radical (unpaired) electrons. The highest BCUT2D eigenvalue weighted by Crippen LogP contribution is 2.34. The number of H-pyrrole nitrogens is 1. The maximum Gasteiger partial charge on any atom is 0.331 e. The summed E-state index contributed by atoms with van der Waals surface area (Å²) in [6, 6.07) is 6.61. The minimum absolute atomic E-state index is 0.0777. The summed E-state index contributed by atoms with van der Waals surface area (Å²) in [6.07, 6.45) is 1.95. The van der Waals surface area contributed by atoms with E-state index in [0.717, 1.165) is 16.6 Å². The molecule has 2 heterocycles. The van der Waals surface area contributed by atoms with E-state index >= 15 is 0 Å². The Morgan fingerprint density at radius 2 is 1.97 bits per heavy atom. The number of halogens is 1. The van der Waals surface area contributed by atoms with Gasteiger partial charge in [-0.1, -0.05) is 44.0 Å². The molecule has 0 saturated heterocycles. The van der Waals surface area contributed by atoms with Gasteiger partial charge in [0.05, 0.1) is 11.8 Å².